The fourth-order valence-electron chi connectivity index (χ4n) is 3.22. The number of hydrogen-bond acceptors (Lipinski definition) is 4. The molecule has 6 nitrogen and oxygen atoms in total. The molecule has 4 aromatic rings. The van der Waals surface area contributed by atoms with Crippen LogP contribution in [0.2, 0.25) is 0 Å². The minimum absolute atomic E-state index is 0.492. The summed E-state index contributed by atoms with van der Waals surface area (Å²) in [4.78, 5) is 29.1. The minimum Gasteiger partial charge on any atom is -0.361 e. The van der Waals surface area contributed by atoms with Crippen molar-refractivity contribution in [2.75, 3.05) is 5.32 Å². The zero-order valence-electron chi connectivity index (χ0n) is 17.7. The molecule has 0 unspecified atom stereocenters. The zero-order chi connectivity index (χ0) is 22.7. The first-order chi connectivity index (χ1) is 15.4. The SMILES string of the molecule is Cc1ccc(N=c2sc(NC(=O)C(N)=O)c(-c3ccccc3)n2-c2ccc(C)cc2)cc1. The van der Waals surface area contributed by atoms with Crippen molar-refractivity contribution in [2.45, 2.75) is 13.8 Å². The minimum atomic E-state index is -1.05. The number of nitrogens with one attached hydrogen (secondary N) is 1. The predicted octanol–water partition coefficient (Wildman–Crippen LogP) is 4.48. The molecule has 2 amide bonds. The van der Waals surface area contributed by atoms with Crippen LogP contribution in [0.1, 0.15) is 11.1 Å². The molecule has 0 atom stereocenters. The lowest BCUT2D eigenvalue weighted by atomic mass is 10.1. The number of hydrogen-bond donors (Lipinski definition) is 2. The van der Waals surface area contributed by atoms with Gasteiger partial charge in [0, 0.05) is 11.3 Å². The molecule has 7 heteroatoms. The first-order valence-electron chi connectivity index (χ1n) is 10.0. The van der Waals surface area contributed by atoms with E-state index in [2.05, 4.69) is 5.32 Å². The van der Waals surface area contributed by atoms with Gasteiger partial charge in [0.05, 0.1) is 11.4 Å². The summed E-state index contributed by atoms with van der Waals surface area (Å²) in [6, 6.07) is 25.6. The summed E-state index contributed by atoms with van der Waals surface area (Å²) in [5.41, 5.74) is 10.7. The molecule has 160 valence electrons. The lowest BCUT2D eigenvalue weighted by Crippen LogP contribution is -2.29. The standard InChI is InChI=1S/C25H22N4O2S/c1-16-8-12-19(13-9-16)27-25-29(20-14-10-17(2)11-15-20)21(18-6-4-3-5-7-18)24(32-25)28-23(31)22(26)30/h3-15H,1-2H3,(H2,26,30)(H,28,31). The molecule has 0 aliphatic heterocycles. The molecule has 1 heterocycles. The van der Waals surface area contributed by atoms with Gasteiger partial charge in [-0.05, 0) is 38.1 Å². The van der Waals surface area contributed by atoms with Crippen LogP contribution in [-0.2, 0) is 9.59 Å². The number of rotatable bonds is 4. The van der Waals surface area contributed by atoms with Crippen LogP contribution in [0.3, 0.4) is 0 Å². The first kappa shape index (κ1) is 21.3. The Morgan fingerprint density at radius 2 is 1.47 bits per heavy atom. The molecule has 0 aliphatic carbocycles. The second-order valence-electron chi connectivity index (χ2n) is 7.37. The largest absolute Gasteiger partial charge is 0.361 e. The smallest absolute Gasteiger partial charge is 0.314 e. The molecule has 3 N–H and O–H groups in total. The van der Waals surface area contributed by atoms with Gasteiger partial charge in [0.1, 0.15) is 5.00 Å². The van der Waals surface area contributed by atoms with E-state index in [0.29, 0.717) is 9.80 Å². The molecule has 32 heavy (non-hydrogen) atoms. The highest BCUT2D eigenvalue weighted by atomic mass is 32.1. The van der Waals surface area contributed by atoms with Gasteiger partial charge in [-0.2, -0.15) is 0 Å². The highest BCUT2D eigenvalue weighted by Gasteiger charge is 2.20. The molecule has 0 radical (unpaired) electrons. The van der Waals surface area contributed by atoms with E-state index in [4.69, 9.17) is 10.7 Å². The number of benzene rings is 3. The number of amides is 2. The normalized spacial score (nSPS) is 11.4. The van der Waals surface area contributed by atoms with E-state index in [-0.39, 0.29) is 0 Å². The van der Waals surface area contributed by atoms with Crippen LogP contribution >= 0.6 is 11.3 Å². The van der Waals surface area contributed by atoms with Crippen molar-refractivity contribution in [3.8, 4) is 16.9 Å². The fraction of sp³-hybridized carbons (Fsp3) is 0.0800. The van der Waals surface area contributed by atoms with Gasteiger partial charge in [0.15, 0.2) is 4.80 Å². The van der Waals surface area contributed by atoms with Crippen molar-refractivity contribution >= 4 is 33.8 Å². The number of carbonyl (C=O) groups is 2. The van der Waals surface area contributed by atoms with Crippen molar-refractivity contribution in [1.29, 1.82) is 0 Å². The Hall–Kier alpha value is -3.97. The number of aromatic nitrogens is 1. The molecule has 0 fully saturated rings. The monoisotopic (exact) mass is 442 g/mol. The fourth-order valence-corrected chi connectivity index (χ4v) is 4.30. The quantitative estimate of drug-likeness (QED) is 0.456. The topological polar surface area (TPSA) is 89.5 Å². The molecule has 1 aromatic heterocycles. The van der Waals surface area contributed by atoms with Crippen molar-refractivity contribution in [2.24, 2.45) is 10.7 Å². The second-order valence-corrected chi connectivity index (χ2v) is 8.34. The maximum atomic E-state index is 12.2. The lowest BCUT2D eigenvalue weighted by molar-refractivity contribution is -0.134. The first-order valence-corrected chi connectivity index (χ1v) is 10.8. The van der Waals surface area contributed by atoms with Crippen molar-refractivity contribution in [3.63, 3.8) is 0 Å². The van der Waals surface area contributed by atoms with Gasteiger partial charge in [0.25, 0.3) is 0 Å². The number of anilines is 1. The molecule has 0 aliphatic rings. The van der Waals surface area contributed by atoms with E-state index < -0.39 is 11.8 Å². The summed E-state index contributed by atoms with van der Waals surface area (Å²) in [6.07, 6.45) is 0. The zero-order valence-corrected chi connectivity index (χ0v) is 18.5. The van der Waals surface area contributed by atoms with Gasteiger partial charge in [-0.25, -0.2) is 4.99 Å². The molecule has 0 spiro atoms. The Kier molecular flexibility index (Phi) is 6.00. The van der Waals surface area contributed by atoms with Gasteiger partial charge < -0.3 is 11.1 Å². The van der Waals surface area contributed by atoms with Crippen LogP contribution in [0.5, 0.6) is 0 Å². The molecule has 3 aromatic carbocycles. The third-order valence-electron chi connectivity index (χ3n) is 4.87. The summed E-state index contributed by atoms with van der Waals surface area (Å²) in [7, 11) is 0. The van der Waals surface area contributed by atoms with Gasteiger partial charge in [-0.3, -0.25) is 14.2 Å². The van der Waals surface area contributed by atoms with E-state index >= 15 is 0 Å². The second kappa shape index (κ2) is 9.03. The lowest BCUT2D eigenvalue weighted by Gasteiger charge is -2.12. The average Bonchev–Trinajstić information content (AvgIpc) is 3.13. The number of thiazole rings is 1. The van der Waals surface area contributed by atoms with E-state index in [1.54, 1.807) is 0 Å². The maximum absolute atomic E-state index is 12.2. The number of nitrogens with zero attached hydrogens (tertiary/aromatic N) is 2. The summed E-state index contributed by atoms with van der Waals surface area (Å²) in [5, 5.41) is 3.16. The van der Waals surface area contributed by atoms with Gasteiger partial charge in [0.2, 0.25) is 0 Å². The van der Waals surface area contributed by atoms with Crippen molar-refractivity contribution in [1.82, 2.24) is 4.57 Å². The number of carbonyl (C=O) groups excluding carboxylic acids is 2. The van der Waals surface area contributed by atoms with Crippen LogP contribution in [0.15, 0.2) is 83.9 Å². The van der Waals surface area contributed by atoms with E-state index in [9.17, 15) is 9.59 Å². The summed E-state index contributed by atoms with van der Waals surface area (Å²) in [6.45, 7) is 4.04. The Morgan fingerprint density at radius 1 is 0.875 bits per heavy atom. The van der Waals surface area contributed by atoms with Crippen LogP contribution in [0.25, 0.3) is 16.9 Å². The molecule has 0 bridgehead atoms. The Morgan fingerprint density at radius 3 is 2.06 bits per heavy atom. The maximum Gasteiger partial charge on any atom is 0.314 e. The summed E-state index contributed by atoms with van der Waals surface area (Å²) in [5.74, 6) is -1.92. The Labute approximate surface area is 189 Å². The average molecular weight is 443 g/mol. The molecule has 0 saturated heterocycles. The summed E-state index contributed by atoms with van der Waals surface area (Å²) >= 11 is 1.28. The van der Waals surface area contributed by atoms with E-state index in [1.165, 1.54) is 11.3 Å². The molecular formula is C25H22N4O2S. The van der Waals surface area contributed by atoms with E-state index in [1.807, 2.05) is 97.3 Å². The Balaban J connectivity index is 2.03. The van der Waals surface area contributed by atoms with Crippen molar-refractivity contribution in [3.05, 3.63) is 94.8 Å². The van der Waals surface area contributed by atoms with Crippen LogP contribution in [0.4, 0.5) is 10.7 Å². The van der Waals surface area contributed by atoms with Crippen molar-refractivity contribution < 1.29 is 9.59 Å². The predicted molar refractivity (Wildman–Crippen MR) is 128 cm³/mol. The number of primary amides is 1. The third kappa shape index (κ3) is 4.53. The molecular weight excluding hydrogens is 420 g/mol. The molecule has 0 saturated carbocycles. The third-order valence-corrected chi connectivity index (χ3v) is 5.83. The van der Waals surface area contributed by atoms with Crippen LogP contribution in [-0.4, -0.2) is 16.4 Å². The highest BCUT2D eigenvalue weighted by Crippen LogP contribution is 2.33. The number of nitrogens with two attached hydrogens (primary N) is 1. The van der Waals surface area contributed by atoms with E-state index in [0.717, 1.165) is 33.8 Å². The van der Waals surface area contributed by atoms with Gasteiger partial charge in [-0.15, -0.1) is 0 Å². The molecule has 4 rings (SSSR count). The van der Waals surface area contributed by atoms with Gasteiger partial charge >= 0.3 is 11.8 Å². The highest BCUT2D eigenvalue weighted by molar-refractivity contribution is 7.14. The van der Waals surface area contributed by atoms with Gasteiger partial charge in [-0.1, -0.05) is 77.1 Å². The number of aryl methyl sites for hydroxylation is 2. The Bertz CT molecular complexity index is 1340. The van der Waals surface area contributed by atoms with Crippen LogP contribution in [0, 0.1) is 13.8 Å². The summed E-state index contributed by atoms with van der Waals surface area (Å²) < 4.78 is 1.98. The van der Waals surface area contributed by atoms with Crippen LogP contribution < -0.4 is 15.9 Å².